The van der Waals surface area contributed by atoms with E-state index in [-0.39, 0.29) is 11.9 Å². The van der Waals surface area contributed by atoms with Gasteiger partial charge in [-0.15, -0.1) is 0 Å². The monoisotopic (exact) mass is 264 g/mol. The average Bonchev–Trinajstić information content (AvgIpc) is 3.08. The van der Waals surface area contributed by atoms with Crippen molar-refractivity contribution in [3.8, 4) is 0 Å². The van der Waals surface area contributed by atoms with Gasteiger partial charge in [-0.05, 0) is 45.6 Å². The first-order valence-corrected chi connectivity index (χ1v) is 6.45. The Bertz CT molecular complexity index is 320. The van der Waals surface area contributed by atoms with Crippen molar-refractivity contribution in [1.82, 2.24) is 10.2 Å². The van der Waals surface area contributed by atoms with Gasteiger partial charge in [0.25, 0.3) is 0 Å². The average molecular weight is 264 g/mol. The lowest BCUT2D eigenvalue weighted by molar-refractivity contribution is -0.166. The van der Waals surface area contributed by atoms with Crippen LogP contribution in [0.5, 0.6) is 0 Å². The molecular formula is C12H19F3N2O. The van der Waals surface area contributed by atoms with Gasteiger partial charge in [0.2, 0.25) is 5.91 Å². The molecule has 104 valence electrons. The van der Waals surface area contributed by atoms with Gasteiger partial charge in [0.15, 0.2) is 0 Å². The summed E-state index contributed by atoms with van der Waals surface area (Å²) in [6, 6.07) is -0.209. The van der Waals surface area contributed by atoms with Gasteiger partial charge in [-0.3, -0.25) is 4.79 Å². The quantitative estimate of drug-likeness (QED) is 0.846. The molecule has 1 N–H and O–H groups in total. The molecule has 1 saturated heterocycles. The van der Waals surface area contributed by atoms with Crippen LogP contribution in [0.4, 0.5) is 13.2 Å². The molecule has 3 nitrogen and oxygen atoms in total. The van der Waals surface area contributed by atoms with Crippen LogP contribution < -0.4 is 5.32 Å². The third-order valence-corrected chi connectivity index (χ3v) is 3.69. The molecule has 0 aromatic heterocycles. The SMILES string of the molecule is CC1(C(=O)N(CC(F)(F)F)C2CC2)CCCCN1. The molecule has 18 heavy (non-hydrogen) atoms. The summed E-state index contributed by atoms with van der Waals surface area (Å²) in [6.07, 6.45) is -0.447. The first-order chi connectivity index (χ1) is 8.32. The second-order valence-electron chi connectivity index (χ2n) is 5.50. The van der Waals surface area contributed by atoms with E-state index in [1.807, 2.05) is 0 Å². The topological polar surface area (TPSA) is 32.3 Å². The van der Waals surface area contributed by atoms with Crippen molar-refractivity contribution >= 4 is 5.91 Å². The summed E-state index contributed by atoms with van der Waals surface area (Å²) in [5, 5.41) is 3.09. The van der Waals surface area contributed by atoms with Crippen LogP contribution in [0.25, 0.3) is 0 Å². The van der Waals surface area contributed by atoms with Crippen LogP contribution >= 0.6 is 0 Å². The fourth-order valence-corrected chi connectivity index (χ4v) is 2.50. The summed E-state index contributed by atoms with van der Waals surface area (Å²) in [7, 11) is 0. The Morgan fingerprint density at radius 3 is 2.50 bits per heavy atom. The smallest absolute Gasteiger partial charge is 0.329 e. The van der Waals surface area contributed by atoms with Crippen LogP contribution in [0.2, 0.25) is 0 Å². The number of carbonyl (C=O) groups excluding carboxylic acids is 1. The molecule has 0 radical (unpaired) electrons. The fraction of sp³-hybridized carbons (Fsp3) is 0.917. The van der Waals surface area contributed by atoms with E-state index in [9.17, 15) is 18.0 Å². The van der Waals surface area contributed by atoms with Crippen molar-refractivity contribution in [3.63, 3.8) is 0 Å². The van der Waals surface area contributed by atoms with E-state index < -0.39 is 18.3 Å². The third kappa shape index (κ3) is 3.16. The molecule has 0 spiro atoms. The van der Waals surface area contributed by atoms with Crippen molar-refractivity contribution in [2.45, 2.75) is 56.8 Å². The third-order valence-electron chi connectivity index (χ3n) is 3.69. The van der Waals surface area contributed by atoms with Crippen LogP contribution in [0.15, 0.2) is 0 Å². The number of hydrogen-bond acceptors (Lipinski definition) is 2. The minimum atomic E-state index is -4.32. The van der Waals surface area contributed by atoms with Gasteiger partial charge < -0.3 is 10.2 Å². The van der Waals surface area contributed by atoms with E-state index in [0.717, 1.165) is 17.7 Å². The molecule has 0 aromatic rings. The summed E-state index contributed by atoms with van der Waals surface area (Å²) in [6.45, 7) is 1.31. The highest BCUT2D eigenvalue weighted by atomic mass is 19.4. The fourth-order valence-electron chi connectivity index (χ4n) is 2.50. The molecule has 1 aliphatic carbocycles. The Balaban J connectivity index is 2.07. The number of nitrogens with one attached hydrogen (secondary N) is 1. The Hall–Kier alpha value is -0.780. The predicted octanol–water partition coefficient (Wildman–Crippen LogP) is 2.07. The lowest BCUT2D eigenvalue weighted by Gasteiger charge is -2.38. The standard InChI is InChI=1S/C12H19F3N2O/c1-11(6-2-3-7-16-11)10(18)17(9-4-5-9)8-12(13,14)15/h9,16H,2-8H2,1H3. The molecule has 1 unspecified atom stereocenters. The van der Waals surface area contributed by atoms with E-state index >= 15 is 0 Å². The van der Waals surface area contributed by atoms with E-state index in [1.54, 1.807) is 6.92 Å². The van der Waals surface area contributed by atoms with Gasteiger partial charge in [0.05, 0.1) is 5.54 Å². The van der Waals surface area contributed by atoms with Gasteiger partial charge in [-0.25, -0.2) is 0 Å². The Morgan fingerprint density at radius 1 is 1.39 bits per heavy atom. The zero-order valence-electron chi connectivity index (χ0n) is 10.5. The molecule has 2 aliphatic rings. The maximum absolute atomic E-state index is 12.5. The highest BCUT2D eigenvalue weighted by Gasteiger charge is 2.46. The largest absolute Gasteiger partial charge is 0.406 e. The second-order valence-corrected chi connectivity index (χ2v) is 5.50. The minimum absolute atomic E-state index is 0.209. The molecule has 2 rings (SSSR count). The lowest BCUT2D eigenvalue weighted by Crippen LogP contribution is -2.59. The van der Waals surface area contributed by atoms with Gasteiger partial charge in [-0.1, -0.05) is 0 Å². The highest BCUT2D eigenvalue weighted by molar-refractivity contribution is 5.86. The maximum atomic E-state index is 12.5. The molecule has 1 saturated carbocycles. The highest BCUT2D eigenvalue weighted by Crippen LogP contribution is 2.33. The maximum Gasteiger partial charge on any atom is 0.406 e. The van der Waals surface area contributed by atoms with E-state index in [4.69, 9.17) is 0 Å². The molecule has 1 aliphatic heterocycles. The molecule has 2 fully saturated rings. The van der Waals surface area contributed by atoms with E-state index in [2.05, 4.69) is 5.32 Å². The lowest BCUT2D eigenvalue weighted by atomic mass is 9.89. The van der Waals surface area contributed by atoms with Crippen molar-refractivity contribution in [1.29, 1.82) is 0 Å². The Morgan fingerprint density at radius 2 is 2.06 bits per heavy atom. The first kappa shape index (κ1) is 13.6. The molecule has 6 heteroatoms. The molecule has 0 bridgehead atoms. The van der Waals surface area contributed by atoms with Gasteiger partial charge in [0.1, 0.15) is 6.54 Å². The molecular weight excluding hydrogens is 245 g/mol. The second kappa shape index (κ2) is 4.72. The summed E-state index contributed by atoms with van der Waals surface area (Å²) < 4.78 is 37.6. The zero-order valence-corrected chi connectivity index (χ0v) is 10.5. The van der Waals surface area contributed by atoms with Crippen molar-refractivity contribution < 1.29 is 18.0 Å². The number of hydrogen-bond donors (Lipinski definition) is 1. The predicted molar refractivity (Wildman–Crippen MR) is 61.0 cm³/mol. The summed E-state index contributed by atoms with van der Waals surface area (Å²) in [5.74, 6) is -0.387. The number of alkyl halides is 3. The molecule has 1 heterocycles. The van der Waals surface area contributed by atoms with Crippen molar-refractivity contribution in [3.05, 3.63) is 0 Å². The molecule has 0 aromatic carbocycles. The first-order valence-electron chi connectivity index (χ1n) is 6.45. The Kier molecular flexibility index (Phi) is 3.58. The van der Waals surface area contributed by atoms with Gasteiger partial charge in [0, 0.05) is 6.04 Å². The van der Waals surface area contributed by atoms with Gasteiger partial charge in [-0.2, -0.15) is 13.2 Å². The number of nitrogens with zero attached hydrogens (tertiary/aromatic N) is 1. The number of piperidine rings is 1. The number of carbonyl (C=O) groups is 1. The molecule has 1 atom stereocenters. The van der Waals surface area contributed by atoms with Crippen LogP contribution in [0.1, 0.15) is 39.0 Å². The number of halogens is 3. The zero-order chi connectivity index (χ0) is 13.4. The minimum Gasteiger partial charge on any atom is -0.329 e. The summed E-state index contributed by atoms with van der Waals surface area (Å²) in [4.78, 5) is 13.4. The number of rotatable bonds is 3. The van der Waals surface area contributed by atoms with Crippen LogP contribution in [0, 0.1) is 0 Å². The van der Waals surface area contributed by atoms with E-state index in [1.165, 1.54) is 0 Å². The van der Waals surface area contributed by atoms with Crippen molar-refractivity contribution in [2.24, 2.45) is 0 Å². The van der Waals surface area contributed by atoms with Crippen LogP contribution in [0.3, 0.4) is 0 Å². The van der Waals surface area contributed by atoms with Gasteiger partial charge >= 0.3 is 6.18 Å². The van der Waals surface area contributed by atoms with Crippen molar-refractivity contribution in [2.75, 3.05) is 13.1 Å². The molecule has 1 amide bonds. The normalized spacial score (nSPS) is 29.1. The Labute approximate surface area is 105 Å². The van der Waals surface area contributed by atoms with Crippen LogP contribution in [-0.4, -0.2) is 41.7 Å². The summed E-state index contributed by atoms with van der Waals surface area (Å²) >= 11 is 0. The summed E-state index contributed by atoms with van der Waals surface area (Å²) in [5.41, 5.74) is -0.813. The number of amides is 1. The van der Waals surface area contributed by atoms with E-state index in [0.29, 0.717) is 25.8 Å². The van der Waals surface area contributed by atoms with Crippen LogP contribution in [-0.2, 0) is 4.79 Å².